The largest absolute Gasteiger partial charge is 0.433 e. The molecule has 4 aromatic heterocycles. The Labute approximate surface area is 184 Å². The van der Waals surface area contributed by atoms with Crippen molar-refractivity contribution in [2.24, 2.45) is 7.05 Å². The van der Waals surface area contributed by atoms with E-state index in [0.717, 1.165) is 16.3 Å². The van der Waals surface area contributed by atoms with Crippen molar-refractivity contribution in [3.05, 3.63) is 70.8 Å². The SMILES string of the molecule is CC(F)c1cc(C(=O)N2CCc3[nH]cnc3[C@@H]2c2cc3cccc(C(F)(F)F)n3n2)n(C)n1. The predicted octanol–water partition coefficient (Wildman–Crippen LogP) is 3.63. The fraction of sp³-hybridized carbons (Fsp3) is 0.333. The van der Waals surface area contributed by atoms with Crippen molar-refractivity contribution in [3.8, 4) is 0 Å². The van der Waals surface area contributed by atoms with E-state index in [1.165, 1.54) is 47.1 Å². The van der Waals surface area contributed by atoms with Gasteiger partial charge < -0.3 is 9.88 Å². The third-order valence-corrected chi connectivity index (χ3v) is 5.79. The third kappa shape index (κ3) is 3.45. The first-order chi connectivity index (χ1) is 15.6. The summed E-state index contributed by atoms with van der Waals surface area (Å²) in [5.74, 6) is -0.441. The minimum absolute atomic E-state index is 0.123. The number of pyridine rings is 1. The van der Waals surface area contributed by atoms with Gasteiger partial charge in [-0.1, -0.05) is 6.07 Å². The summed E-state index contributed by atoms with van der Waals surface area (Å²) in [6.45, 7) is 1.59. The van der Waals surface area contributed by atoms with E-state index in [1.807, 2.05) is 0 Å². The summed E-state index contributed by atoms with van der Waals surface area (Å²) in [5.41, 5.74) is 1.14. The summed E-state index contributed by atoms with van der Waals surface area (Å²) < 4.78 is 56.4. The first-order valence-electron chi connectivity index (χ1n) is 10.2. The van der Waals surface area contributed by atoms with Gasteiger partial charge in [0.05, 0.1) is 28.9 Å². The summed E-state index contributed by atoms with van der Waals surface area (Å²) in [5, 5.41) is 8.29. The molecule has 0 aromatic carbocycles. The van der Waals surface area contributed by atoms with Gasteiger partial charge >= 0.3 is 6.18 Å². The molecular weight excluding hydrogens is 442 g/mol. The molecule has 0 bridgehead atoms. The summed E-state index contributed by atoms with van der Waals surface area (Å²) in [6, 6.07) is 5.85. The maximum Gasteiger partial charge on any atom is 0.433 e. The number of imidazole rings is 1. The minimum Gasteiger partial charge on any atom is -0.348 e. The van der Waals surface area contributed by atoms with E-state index in [0.29, 0.717) is 12.1 Å². The van der Waals surface area contributed by atoms with Crippen molar-refractivity contribution < 1.29 is 22.4 Å². The molecule has 33 heavy (non-hydrogen) atoms. The highest BCUT2D eigenvalue weighted by Gasteiger charge is 2.39. The van der Waals surface area contributed by atoms with E-state index in [4.69, 9.17) is 0 Å². The van der Waals surface area contributed by atoms with Gasteiger partial charge in [-0.3, -0.25) is 9.48 Å². The van der Waals surface area contributed by atoms with Gasteiger partial charge in [-0.15, -0.1) is 0 Å². The molecule has 0 radical (unpaired) electrons. The average molecular weight is 461 g/mol. The zero-order chi connectivity index (χ0) is 23.5. The maximum atomic E-state index is 13.8. The van der Waals surface area contributed by atoms with Gasteiger partial charge in [0.15, 0.2) is 0 Å². The van der Waals surface area contributed by atoms with Gasteiger partial charge in [-0.05, 0) is 31.2 Å². The topological polar surface area (TPSA) is 84.1 Å². The first-order valence-corrected chi connectivity index (χ1v) is 10.2. The second kappa shape index (κ2) is 7.42. The van der Waals surface area contributed by atoms with Crippen LogP contribution >= 0.6 is 0 Å². The number of aromatic nitrogens is 6. The molecule has 0 fully saturated rings. The van der Waals surface area contributed by atoms with Crippen LogP contribution in [0, 0.1) is 0 Å². The molecule has 0 aliphatic carbocycles. The maximum absolute atomic E-state index is 13.8. The normalized spacial score (nSPS) is 17.4. The van der Waals surface area contributed by atoms with Crippen molar-refractivity contribution in [1.82, 2.24) is 34.3 Å². The van der Waals surface area contributed by atoms with E-state index in [2.05, 4.69) is 20.2 Å². The summed E-state index contributed by atoms with van der Waals surface area (Å²) in [7, 11) is 1.54. The quantitative estimate of drug-likeness (QED) is 0.473. The Hall–Kier alpha value is -3.70. The number of carbonyl (C=O) groups is 1. The lowest BCUT2D eigenvalue weighted by Crippen LogP contribution is -2.41. The standard InChI is InChI=1S/C21H19F4N7O/c1-11(22)14-9-16(30(2)28-14)20(33)31-7-6-13-18(27-10-26-13)19(31)15-8-12-4-3-5-17(21(23,24)25)32(12)29-15/h3-5,8-11,19H,6-7H2,1-2H3,(H,26,27)/t11?,19-/m0/s1. The summed E-state index contributed by atoms with van der Waals surface area (Å²) >= 11 is 0. The molecular formula is C21H19F4N7O. The number of carbonyl (C=O) groups excluding carboxylic acids is 1. The van der Waals surface area contributed by atoms with Gasteiger partial charge in [0.2, 0.25) is 0 Å². The van der Waals surface area contributed by atoms with Crippen LogP contribution in [0.2, 0.25) is 0 Å². The Kier molecular flexibility index (Phi) is 4.76. The molecule has 12 heteroatoms. The molecule has 1 aliphatic rings. The zero-order valence-electron chi connectivity index (χ0n) is 17.6. The third-order valence-electron chi connectivity index (χ3n) is 5.79. The smallest absolute Gasteiger partial charge is 0.348 e. The fourth-order valence-corrected chi connectivity index (χ4v) is 4.21. The Morgan fingerprint density at radius 2 is 2.03 bits per heavy atom. The molecule has 0 saturated heterocycles. The fourth-order valence-electron chi connectivity index (χ4n) is 4.21. The van der Waals surface area contributed by atoms with Crippen LogP contribution in [-0.2, 0) is 19.6 Å². The number of rotatable bonds is 3. The molecule has 0 spiro atoms. The van der Waals surface area contributed by atoms with Crippen LogP contribution in [-0.4, -0.2) is 46.7 Å². The van der Waals surface area contributed by atoms with Crippen LogP contribution in [0.5, 0.6) is 0 Å². The number of hydrogen-bond acceptors (Lipinski definition) is 4. The number of nitrogens with one attached hydrogen (secondary N) is 1. The minimum atomic E-state index is -4.60. The molecule has 1 N–H and O–H groups in total. The van der Waals surface area contributed by atoms with E-state index >= 15 is 0 Å². The van der Waals surface area contributed by atoms with E-state index in [9.17, 15) is 22.4 Å². The predicted molar refractivity (Wildman–Crippen MR) is 108 cm³/mol. The number of nitrogens with zero attached hydrogens (tertiary/aromatic N) is 6. The molecule has 5 heterocycles. The number of fused-ring (bicyclic) bond motifs is 2. The molecule has 1 aliphatic heterocycles. The molecule has 1 unspecified atom stereocenters. The number of aryl methyl sites for hydroxylation is 1. The molecule has 4 aromatic rings. The molecule has 0 saturated carbocycles. The molecule has 1 amide bonds. The molecule has 2 atom stereocenters. The van der Waals surface area contributed by atoms with Gasteiger partial charge in [-0.2, -0.15) is 23.4 Å². The average Bonchev–Trinajstić information content (AvgIpc) is 3.48. The van der Waals surface area contributed by atoms with Crippen LogP contribution in [0.4, 0.5) is 17.6 Å². The van der Waals surface area contributed by atoms with Crippen LogP contribution in [0.3, 0.4) is 0 Å². The lowest BCUT2D eigenvalue weighted by Gasteiger charge is -2.33. The van der Waals surface area contributed by atoms with E-state index < -0.39 is 30.0 Å². The molecule has 8 nitrogen and oxygen atoms in total. The van der Waals surface area contributed by atoms with Gasteiger partial charge in [0.25, 0.3) is 5.91 Å². The zero-order valence-corrected chi connectivity index (χ0v) is 17.6. The van der Waals surface area contributed by atoms with Crippen molar-refractivity contribution in [2.45, 2.75) is 31.7 Å². The Bertz CT molecular complexity index is 1350. The highest BCUT2D eigenvalue weighted by Crippen LogP contribution is 2.36. The number of alkyl halides is 4. The second-order valence-corrected chi connectivity index (χ2v) is 7.93. The van der Waals surface area contributed by atoms with E-state index in [-0.39, 0.29) is 29.1 Å². The first kappa shape index (κ1) is 21.2. The number of hydrogen-bond donors (Lipinski definition) is 1. The van der Waals surface area contributed by atoms with Crippen LogP contribution in [0.15, 0.2) is 36.7 Å². The monoisotopic (exact) mass is 461 g/mol. The lowest BCUT2D eigenvalue weighted by molar-refractivity contribution is -0.142. The van der Waals surface area contributed by atoms with Crippen LogP contribution < -0.4 is 0 Å². The lowest BCUT2D eigenvalue weighted by atomic mass is 9.99. The molecule has 172 valence electrons. The molecule has 5 rings (SSSR count). The van der Waals surface area contributed by atoms with Crippen LogP contribution in [0.25, 0.3) is 5.52 Å². The number of halogens is 4. The number of H-pyrrole nitrogens is 1. The van der Waals surface area contributed by atoms with Gasteiger partial charge in [0.1, 0.15) is 23.6 Å². The summed E-state index contributed by atoms with van der Waals surface area (Å²) in [4.78, 5) is 22.4. The highest BCUT2D eigenvalue weighted by atomic mass is 19.4. The van der Waals surface area contributed by atoms with Crippen molar-refractivity contribution in [2.75, 3.05) is 6.54 Å². The Morgan fingerprint density at radius 3 is 2.73 bits per heavy atom. The Morgan fingerprint density at radius 1 is 1.24 bits per heavy atom. The van der Waals surface area contributed by atoms with Crippen molar-refractivity contribution in [3.63, 3.8) is 0 Å². The number of aromatic amines is 1. The second-order valence-electron chi connectivity index (χ2n) is 7.93. The van der Waals surface area contributed by atoms with Crippen molar-refractivity contribution in [1.29, 1.82) is 0 Å². The van der Waals surface area contributed by atoms with E-state index in [1.54, 1.807) is 7.05 Å². The summed E-state index contributed by atoms with van der Waals surface area (Å²) in [6.07, 6.45) is -4.00. The Balaban J connectivity index is 1.63. The number of amides is 1. The highest BCUT2D eigenvalue weighted by molar-refractivity contribution is 5.93. The van der Waals surface area contributed by atoms with Gasteiger partial charge in [0, 0.05) is 25.7 Å². The van der Waals surface area contributed by atoms with Crippen LogP contribution in [0.1, 0.15) is 58.1 Å². The van der Waals surface area contributed by atoms with Crippen molar-refractivity contribution >= 4 is 11.4 Å². The van der Waals surface area contributed by atoms with Gasteiger partial charge in [-0.25, -0.2) is 13.9 Å².